The van der Waals surface area contributed by atoms with Gasteiger partial charge in [-0.3, -0.25) is 4.90 Å². The molecule has 2 heterocycles. The molecule has 8 nitrogen and oxygen atoms in total. The van der Waals surface area contributed by atoms with Crippen LogP contribution < -0.4 is 0 Å². The van der Waals surface area contributed by atoms with Gasteiger partial charge in [0.1, 0.15) is 30.5 Å². The number of piperidine rings is 2. The van der Waals surface area contributed by atoms with E-state index >= 15 is 0 Å². The Morgan fingerprint density at radius 2 is 1.00 bits per heavy atom. The Bertz CT molecular complexity index is 1810. The predicted molar refractivity (Wildman–Crippen MR) is 202 cm³/mol. The Kier molecular flexibility index (Phi) is 12.7. The molecule has 0 saturated carbocycles. The van der Waals surface area contributed by atoms with Crippen molar-refractivity contribution >= 4 is 5.97 Å². The van der Waals surface area contributed by atoms with Crippen molar-refractivity contribution < 1.29 is 33.6 Å². The van der Waals surface area contributed by atoms with Crippen molar-refractivity contribution in [3.63, 3.8) is 0 Å². The molecule has 0 amide bonds. The van der Waals surface area contributed by atoms with Crippen molar-refractivity contribution in [1.29, 1.82) is 0 Å². The zero-order valence-electron chi connectivity index (χ0n) is 29.8. The monoisotopic (exact) mass is 713 g/mol. The summed E-state index contributed by atoms with van der Waals surface area (Å²) in [6.45, 7) is 2.23. The molecule has 2 fully saturated rings. The zero-order chi connectivity index (χ0) is 36.2. The highest BCUT2D eigenvalue weighted by molar-refractivity contribution is 5.89. The van der Waals surface area contributed by atoms with Crippen molar-refractivity contribution in [1.82, 2.24) is 4.90 Å². The standard InChI is InChI=1S/C45H47NO7/c47-41-39(53-45(48)37-24-14-5-15-25-37)26-27-46-38(32-49-28-33-16-6-1-7-17-33)42(50-29-34-18-8-2-9-19-34)44(52-31-36-22-12-4-13-23-36)43(40(41)46)51-30-35-20-10-3-11-21-35/h1-25,38-44,47H,26-32H2. The minimum absolute atomic E-state index is 0.294. The summed E-state index contributed by atoms with van der Waals surface area (Å²) in [7, 11) is 0. The molecule has 2 aliphatic heterocycles. The van der Waals surface area contributed by atoms with Gasteiger partial charge in [-0.2, -0.15) is 0 Å². The van der Waals surface area contributed by atoms with Crippen molar-refractivity contribution in [3.05, 3.63) is 179 Å². The highest BCUT2D eigenvalue weighted by Gasteiger charge is 2.57. The molecule has 8 heteroatoms. The van der Waals surface area contributed by atoms with Gasteiger partial charge >= 0.3 is 5.97 Å². The third kappa shape index (κ3) is 9.47. The molecule has 0 spiro atoms. The predicted octanol–water partition coefficient (Wildman–Crippen LogP) is 7.00. The average molecular weight is 714 g/mol. The molecular weight excluding hydrogens is 666 g/mol. The summed E-state index contributed by atoms with van der Waals surface area (Å²) in [5, 5.41) is 12.3. The fourth-order valence-corrected chi connectivity index (χ4v) is 7.43. The number of carbonyl (C=O) groups excluding carboxylic acids is 1. The molecule has 2 saturated heterocycles. The molecule has 1 N–H and O–H groups in total. The Morgan fingerprint density at radius 3 is 1.51 bits per heavy atom. The first-order valence-electron chi connectivity index (χ1n) is 18.4. The molecule has 2 aliphatic rings. The van der Waals surface area contributed by atoms with Crippen molar-refractivity contribution in [2.24, 2.45) is 0 Å². The van der Waals surface area contributed by atoms with E-state index in [9.17, 15) is 9.90 Å². The maximum Gasteiger partial charge on any atom is 0.338 e. The second kappa shape index (κ2) is 18.4. The Morgan fingerprint density at radius 1 is 0.566 bits per heavy atom. The van der Waals surface area contributed by atoms with E-state index in [0.29, 0.717) is 51.6 Å². The highest BCUT2D eigenvalue weighted by Crippen LogP contribution is 2.38. The van der Waals surface area contributed by atoms with Crippen LogP contribution in [-0.4, -0.2) is 71.7 Å². The van der Waals surface area contributed by atoms with Crippen LogP contribution in [0.1, 0.15) is 39.0 Å². The van der Waals surface area contributed by atoms with Crippen molar-refractivity contribution in [3.8, 4) is 0 Å². The van der Waals surface area contributed by atoms with Crippen LogP contribution in [0.4, 0.5) is 0 Å². The van der Waals surface area contributed by atoms with Gasteiger partial charge < -0.3 is 28.8 Å². The highest BCUT2D eigenvalue weighted by atomic mass is 16.6. The van der Waals surface area contributed by atoms with Crippen LogP contribution in [0, 0.1) is 0 Å². The molecule has 274 valence electrons. The van der Waals surface area contributed by atoms with Gasteiger partial charge in [0.15, 0.2) is 0 Å². The number of aliphatic hydroxyl groups excluding tert-OH is 1. The van der Waals surface area contributed by atoms with Gasteiger partial charge in [-0.15, -0.1) is 0 Å². The quantitative estimate of drug-likeness (QED) is 0.116. The molecular formula is C45H47NO7. The Balaban J connectivity index is 1.24. The summed E-state index contributed by atoms with van der Waals surface area (Å²) < 4.78 is 33.2. The molecule has 0 radical (unpaired) electrons. The molecule has 0 aliphatic carbocycles. The second-order valence-electron chi connectivity index (χ2n) is 13.7. The van der Waals surface area contributed by atoms with E-state index in [1.807, 2.05) is 127 Å². The number of hydrogen-bond donors (Lipinski definition) is 1. The van der Waals surface area contributed by atoms with Gasteiger partial charge in [0.05, 0.1) is 50.7 Å². The van der Waals surface area contributed by atoms with Gasteiger partial charge in [0, 0.05) is 6.54 Å². The maximum absolute atomic E-state index is 13.3. The number of rotatable bonds is 15. The van der Waals surface area contributed by atoms with Crippen LogP contribution in [0.15, 0.2) is 152 Å². The van der Waals surface area contributed by atoms with Crippen LogP contribution in [0.2, 0.25) is 0 Å². The first-order chi connectivity index (χ1) is 26.1. The number of fused-ring (bicyclic) bond motifs is 1. The minimum Gasteiger partial charge on any atom is -0.456 e. The van der Waals surface area contributed by atoms with E-state index in [2.05, 4.69) is 4.90 Å². The fourth-order valence-electron chi connectivity index (χ4n) is 7.43. The van der Waals surface area contributed by atoms with E-state index in [4.69, 9.17) is 23.7 Å². The number of ether oxygens (including phenoxy) is 5. The van der Waals surface area contributed by atoms with Crippen LogP contribution >= 0.6 is 0 Å². The lowest BCUT2D eigenvalue weighted by Crippen LogP contribution is -2.74. The summed E-state index contributed by atoms with van der Waals surface area (Å²) in [6, 6.07) is 48.2. The SMILES string of the molecule is O=C(OC1CCN2C(COCc3ccccc3)C(OCc3ccccc3)C(OCc3ccccc3)C(OCc3ccccc3)C2C1O)c1ccccc1. The topological polar surface area (TPSA) is 86.7 Å². The third-order valence-corrected chi connectivity index (χ3v) is 10.1. The third-order valence-electron chi connectivity index (χ3n) is 10.1. The molecule has 7 unspecified atom stereocenters. The second-order valence-corrected chi connectivity index (χ2v) is 13.7. The van der Waals surface area contributed by atoms with E-state index in [-0.39, 0.29) is 6.04 Å². The van der Waals surface area contributed by atoms with E-state index < -0.39 is 42.5 Å². The van der Waals surface area contributed by atoms with Crippen molar-refractivity contribution in [2.75, 3.05) is 13.2 Å². The molecule has 7 rings (SSSR count). The van der Waals surface area contributed by atoms with Gasteiger partial charge in [0.25, 0.3) is 0 Å². The molecule has 7 atom stereocenters. The summed E-state index contributed by atoms with van der Waals surface area (Å²) in [4.78, 5) is 15.6. The van der Waals surface area contributed by atoms with Crippen molar-refractivity contribution in [2.45, 2.75) is 75.5 Å². The largest absolute Gasteiger partial charge is 0.456 e. The lowest BCUT2D eigenvalue weighted by molar-refractivity contribution is -0.257. The summed E-state index contributed by atoms with van der Waals surface area (Å²) >= 11 is 0. The summed E-state index contributed by atoms with van der Waals surface area (Å²) in [6.07, 6.45) is -3.17. The maximum atomic E-state index is 13.3. The molecule has 5 aromatic carbocycles. The lowest BCUT2D eigenvalue weighted by atomic mass is 9.80. The molecule has 53 heavy (non-hydrogen) atoms. The number of benzene rings is 5. The van der Waals surface area contributed by atoms with Crippen LogP contribution in [0.25, 0.3) is 0 Å². The number of esters is 1. The molecule has 0 bridgehead atoms. The number of aliphatic hydroxyl groups is 1. The summed E-state index contributed by atoms with van der Waals surface area (Å²) in [5.41, 5.74) is 4.54. The van der Waals surface area contributed by atoms with E-state index in [0.717, 1.165) is 22.3 Å². The first-order valence-corrected chi connectivity index (χ1v) is 18.4. The van der Waals surface area contributed by atoms with Crippen LogP contribution in [0.3, 0.4) is 0 Å². The van der Waals surface area contributed by atoms with Gasteiger partial charge in [0.2, 0.25) is 0 Å². The van der Waals surface area contributed by atoms with Crippen LogP contribution in [-0.2, 0) is 50.1 Å². The normalized spacial score (nSPS) is 24.3. The van der Waals surface area contributed by atoms with E-state index in [1.165, 1.54) is 0 Å². The smallest absolute Gasteiger partial charge is 0.338 e. The van der Waals surface area contributed by atoms with Crippen LogP contribution in [0.5, 0.6) is 0 Å². The average Bonchev–Trinajstić information content (AvgIpc) is 3.22. The first kappa shape index (κ1) is 36.7. The zero-order valence-corrected chi connectivity index (χ0v) is 29.8. The Hall–Kier alpha value is -4.67. The van der Waals surface area contributed by atoms with Gasteiger partial charge in [-0.1, -0.05) is 140 Å². The molecule has 0 aromatic heterocycles. The number of nitrogens with zero attached hydrogens (tertiary/aromatic N) is 1. The lowest BCUT2D eigenvalue weighted by Gasteiger charge is -2.56. The fraction of sp³-hybridized carbons (Fsp3) is 0.311. The van der Waals surface area contributed by atoms with Gasteiger partial charge in [-0.05, 0) is 40.8 Å². The number of carbonyl (C=O) groups is 1. The van der Waals surface area contributed by atoms with Gasteiger partial charge in [-0.25, -0.2) is 4.79 Å². The molecule has 5 aromatic rings. The van der Waals surface area contributed by atoms with E-state index in [1.54, 1.807) is 24.3 Å². The number of hydrogen-bond acceptors (Lipinski definition) is 8. The minimum atomic E-state index is -1.08. The summed E-state index contributed by atoms with van der Waals surface area (Å²) in [5.74, 6) is -0.468. The Labute approximate surface area is 311 Å².